The second kappa shape index (κ2) is 7.55. The molecule has 0 bridgehead atoms. The number of aryl methyl sites for hydroxylation is 1. The van der Waals surface area contributed by atoms with Gasteiger partial charge in [0.15, 0.2) is 0 Å². The van der Waals surface area contributed by atoms with Crippen molar-refractivity contribution >= 4 is 18.1 Å². The van der Waals surface area contributed by atoms with Crippen LogP contribution >= 0.6 is 12.2 Å². The van der Waals surface area contributed by atoms with E-state index in [1.807, 2.05) is 17.0 Å². The minimum absolute atomic E-state index is 0.0633. The number of pyridine rings is 1. The molecule has 120 valence electrons. The molecule has 0 radical (unpaired) electrons. The van der Waals surface area contributed by atoms with E-state index in [0.29, 0.717) is 16.1 Å². The van der Waals surface area contributed by atoms with Crippen LogP contribution in [0.2, 0.25) is 0 Å². The lowest BCUT2D eigenvalue weighted by Crippen LogP contribution is -2.38. The third-order valence-corrected chi connectivity index (χ3v) is 4.97. The van der Waals surface area contributed by atoms with E-state index in [4.69, 9.17) is 12.2 Å². The number of hydrogen-bond acceptors (Lipinski definition) is 2. The number of H-pyrrole nitrogens is 1. The largest absolute Gasteiger partial charge is 0.352 e. The van der Waals surface area contributed by atoms with Crippen LogP contribution in [0.5, 0.6) is 0 Å². The van der Waals surface area contributed by atoms with E-state index in [2.05, 4.69) is 35.3 Å². The molecule has 2 heterocycles. The average Bonchev–Trinajstić information content (AvgIpc) is 2.61. The van der Waals surface area contributed by atoms with Crippen LogP contribution in [-0.2, 0) is 6.42 Å². The second-order valence-electron chi connectivity index (χ2n) is 6.17. The summed E-state index contributed by atoms with van der Waals surface area (Å²) in [6.45, 7) is 1.67. The van der Waals surface area contributed by atoms with E-state index in [-0.39, 0.29) is 5.91 Å². The van der Waals surface area contributed by atoms with Gasteiger partial charge in [-0.3, -0.25) is 4.79 Å². The maximum atomic E-state index is 12.5. The Hall–Kier alpha value is -1.94. The van der Waals surface area contributed by atoms with Crippen LogP contribution in [0.25, 0.3) is 0 Å². The van der Waals surface area contributed by atoms with Crippen molar-refractivity contribution in [2.45, 2.75) is 25.7 Å². The highest BCUT2D eigenvalue weighted by atomic mass is 32.1. The van der Waals surface area contributed by atoms with Gasteiger partial charge in [0.1, 0.15) is 4.64 Å². The Bertz CT molecular complexity index is 703. The van der Waals surface area contributed by atoms with Crippen LogP contribution < -0.4 is 0 Å². The van der Waals surface area contributed by atoms with Gasteiger partial charge in [-0.25, -0.2) is 0 Å². The normalized spacial score (nSPS) is 15.6. The molecule has 2 aromatic rings. The standard InChI is InChI=1S/C19H22N2OS/c22-19(17-7-4-12-20-18(17)23)21-13-10-16(11-14-21)9-8-15-5-2-1-3-6-15/h1-7,12,16H,8-11,13-14H2,(H,20,23). The van der Waals surface area contributed by atoms with Crippen molar-refractivity contribution in [3.63, 3.8) is 0 Å². The maximum Gasteiger partial charge on any atom is 0.256 e. The fourth-order valence-corrected chi connectivity index (χ4v) is 3.42. The number of benzene rings is 1. The van der Waals surface area contributed by atoms with Crippen molar-refractivity contribution in [3.05, 3.63) is 64.4 Å². The number of amides is 1. The molecule has 0 unspecified atom stereocenters. The number of likely N-dealkylation sites (tertiary alicyclic amines) is 1. The predicted octanol–water partition coefficient (Wildman–Crippen LogP) is 4.23. The van der Waals surface area contributed by atoms with Crippen LogP contribution in [0.1, 0.15) is 35.2 Å². The van der Waals surface area contributed by atoms with Crippen LogP contribution in [-0.4, -0.2) is 28.9 Å². The number of aromatic nitrogens is 1. The number of hydrogen-bond donors (Lipinski definition) is 1. The summed E-state index contributed by atoms with van der Waals surface area (Å²) in [7, 11) is 0. The van der Waals surface area contributed by atoms with Gasteiger partial charge >= 0.3 is 0 Å². The summed E-state index contributed by atoms with van der Waals surface area (Å²) in [5, 5.41) is 0. The molecule has 1 aliphatic rings. The van der Waals surface area contributed by atoms with Gasteiger partial charge in [0.05, 0.1) is 5.56 Å². The van der Waals surface area contributed by atoms with Crippen molar-refractivity contribution in [1.29, 1.82) is 0 Å². The molecule has 1 amide bonds. The first kappa shape index (κ1) is 15.9. The number of rotatable bonds is 4. The van der Waals surface area contributed by atoms with E-state index >= 15 is 0 Å². The van der Waals surface area contributed by atoms with Gasteiger partial charge < -0.3 is 9.88 Å². The highest BCUT2D eigenvalue weighted by Crippen LogP contribution is 2.23. The van der Waals surface area contributed by atoms with Crippen molar-refractivity contribution in [1.82, 2.24) is 9.88 Å². The zero-order valence-electron chi connectivity index (χ0n) is 13.2. The first-order valence-corrected chi connectivity index (χ1v) is 8.66. The number of nitrogens with zero attached hydrogens (tertiary/aromatic N) is 1. The van der Waals surface area contributed by atoms with E-state index in [9.17, 15) is 4.79 Å². The minimum atomic E-state index is 0.0633. The van der Waals surface area contributed by atoms with Gasteiger partial charge in [-0.15, -0.1) is 0 Å². The topological polar surface area (TPSA) is 36.1 Å². The lowest BCUT2D eigenvalue weighted by Gasteiger charge is -2.32. The summed E-state index contributed by atoms with van der Waals surface area (Å²) in [6, 6.07) is 14.3. The highest BCUT2D eigenvalue weighted by Gasteiger charge is 2.24. The molecule has 1 aromatic heterocycles. The average molecular weight is 326 g/mol. The fourth-order valence-electron chi connectivity index (χ4n) is 3.20. The number of nitrogens with one attached hydrogen (secondary N) is 1. The molecule has 23 heavy (non-hydrogen) atoms. The minimum Gasteiger partial charge on any atom is -0.352 e. The Morgan fingerprint density at radius 1 is 1.13 bits per heavy atom. The van der Waals surface area contributed by atoms with Crippen LogP contribution in [0, 0.1) is 10.6 Å². The SMILES string of the molecule is O=C(c1ccc[nH]c1=S)N1CCC(CCc2ccccc2)CC1. The summed E-state index contributed by atoms with van der Waals surface area (Å²) in [6.07, 6.45) is 6.26. The van der Waals surface area contributed by atoms with Crippen molar-refractivity contribution in [3.8, 4) is 0 Å². The molecule has 1 fully saturated rings. The highest BCUT2D eigenvalue weighted by molar-refractivity contribution is 7.71. The van der Waals surface area contributed by atoms with Crippen LogP contribution in [0.4, 0.5) is 0 Å². The lowest BCUT2D eigenvalue weighted by atomic mass is 9.90. The van der Waals surface area contributed by atoms with Crippen molar-refractivity contribution in [2.75, 3.05) is 13.1 Å². The zero-order chi connectivity index (χ0) is 16.1. The summed E-state index contributed by atoms with van der Waals surface area (Å²) in [5.74, 6) is 0.776. The molecule has 0 spiro atoms. The molecule has 4 heteroatoms. The smallest absolute Gasteiger partial charge is 0.256 e. The molecule has 0 saturated carbocycles. The first-order valence-electron chi connectivity index (χ1n) is 8.25. The third kappa shape index (κ3) is 4.08. The van der Waals surface area contributed by atoms with Gasteiger partial charge in [0.2, 0.25) is 0 Å². The van der Waals surface area contributed by atoms with E-state index in [1.54, 1.807) is 6.20 Å². The Kier molecular flexibility index (Phi) is 5.23. The Labute approximate surface area is 142 Å². The molecule has 1 aromatic carbocycles. The molecular formula is C19H22N2OS. The van der Waals surface area contributed by atoms with E-state index in [1.165, 1.54) is 12.0 Å². The lowest BCUT2D eigenvalue weighted by molar-refractivity contribution is 0.0686. The van der Waals surface area contributed by atoms with Gasteiger partial charge in [-0.2, -0.15) is 0 Å². The number of piperidine rings is 1. The summed E-state index contributed by atoms with van der Waals surface area (Å²) in [5.41, 5.74) is 2.02. The molecule has 0 aliphatic carbocycles. The fraction of sp³-hybridized carbons (Fsp3) is 0.368. The van der Waals surface area contributed by atoms with Crippen molar-refractivity contribution < 1.29 is 4.79 Å². The van der Waals surface area contributed by atoms with Crippen LogP contribution in [0.3, 0.4) is 0 Å². The summed E-state index contributed by atoms with van der Waals surface area (Å²) in [4.78, 5) is 17.4. The van der Waals surface area contributed by atoms with Gasteiger partial charge in [0.25, 0.3) is 5.91 Å². The Balaban J connectivity index is 1.51. The van der Waals surface area contributed by atoms with Gasteiger partial charge in [-0.1, -0.05) is 42.5 Å². The summed E-state index contributed by atoms with van der Waals surface area (Å²) < 4.78 is 0.531. The molecular weight excluding hydrogens is 304 g/mol. The maximum absolute atomic E-state index is 12.5. The summed E-state index contributed by atoms with van der Waals surface area (Å²) >= 11 is 5.21. The predicted molar refractivity (Wildman–Crippen MR) is 95.0 cm³/mol. The monoisotopic (exact) mass is 326 g/mol. The molecule has 1 aliphatic heterocycles. The quantitative estimate of drug-likeness (QED) is 0.854. The second-order valence-corrected chi connectivity index (χ2v) is 6.58. The number of carbonyl (C=O) groups excluding carboxylic acids is 1. The molecule has 0 atom stereocenters. The molecule has 3 nitrogen and oxygen atoms in total. The Morgan fingerprint density at radius 3 is 2.57 bits per heavy atom. The Morgan fingerprint density at radius 2 is 1.87 bits per heavy atom. The van der Waals surface area contributed by atoms with Gasteiger partial charge in [0, 0.05) is 19.3 Å². The van der Waals surface area contributed by atoms with E-state index < -0.39 is 0 Å². The molecule has 1 saturated heterocycles. The van der Waals surface area contributed by atoms with Crippen LogP contribution in [0.15, 0.2) is 48.7 Å². The molecule has 3 rings (SSSR count). The first-order chi connectivity index (χ1) is 11.2. The number of carbonyl (C=O) groups is 1. The number of aromatic amines is 1. The molecule has 1 N–H and O–H groups in total. The van der Waals surface area contributed by atoms with Gasteiger partial charge in [-0.05, 0) is 49.3 Å². The van der Waals surface area contributed by atoms with E-state index in [0.717, 1.165) is 32.4 Å². The van der Waals surface area contributed by atoms with Crippen molar-refractivity contribution in [2.24, 2.45) is 5.92 Å². The third-order valence-electron chi connectivity index (χ3n) is 4.63. The zero-order valence-corrected chi connectivity index (χ0v) is 14.0.